The van der Waals surface area contributed by atoms with E-state index >= 15 is 0 Å². The lowest BCUT2D eigenvalue weighted by atomic mass is 9.89. The van der Waals surface area contributed by atoms with Gasteiger partial charge in [0.2, 0.25) is 5.91 Å². The molecule has 1 atom stereocenters. The molecule has 0 aromatic heterocycles. The van der Waals surface area contributed by atoms with Crippen molar-refractivity contribution < 1.29 is 9.53 Å². The van der Waals surface area contributed by atoms with E-state index in [2.05, 4.69) is 40.5 Å². The first-order chi connectivity index (χ1) is 11.3. The van der Waals surface area contributed by atoms with Crippen molar-refractivity contribution in [3.63, 3.8) is 0 Å². The average molecular weight is 316 g/mol. The summed E-state index contributed by atoms with van der Waals surface area (Å²) in [6.07, 6.45) is 5.26. The molecule has 1 amide bonds. The van der Waals surface area contributed by atoms with Gasteiger partial charge >= 0.3 is 0 Å². The van der Waals surface area contributed by atoms with Crippen molar-refractivity contribution >= 4 is 5.91 Å². The number of likely N-dealkylation sites (tertiary alicyclic amines) is 1. The fourth-order valence-electron chi connectivity index (χ4n) is 3.61. The van der Waals surface area contributed by atoms with Gasteiger partial charge < -0.3 is 15.0 Å². The fourth-order valence-corrected chi connectivity index (χ4v) is 3.61. The van der Waals surface area contributed by atoms with Crippen LogP contribution in [0.1, 0.15) is 43.6 Å². The number of carbonyl (C=O) groups is 1. The fraction of sp³-hybridized carbons (Fsp3) is 0.632. The van der Waals surface area contributed by atoms with Gasteiger partial charge in [0.1, 0.15) is 6.10 Å². The largest absolute Gasteiger partial charge is 0.368 e. The Balaban J connectivity index is 1.34. The Morgan fingerprint density at radius 3 is 2.61 bits per heavy atom. The summed E-state index contributed by atoms with van der Waals surface area (Å²) in [6, 6.07) is 10.8. The summed E-state index contributed by atoms with van der Waals surface area (Å²) in [5.74, 6) is 0.765. The molecule has 0 aliphatic carbocycles. The van der Waals surface area contributed by atoms with Crippen LogP contribution < -0.4 is 5.32 Å². The Labute approximate surface area is 139 Å². The highest BCUT2D eigenvalue weighted by Gasteiger charge is 2.23. The number of rotatable bonds is 5. The van der Waals surface area contributed by atoms with Crippen molar-refractivity contribution in [1.29, 1.82) is 0 Å². The Kier molecular flexibility index (Phi) is 6.06. The number of piperidine rings is 1. The Hall–Kier alpha value is -1.39. The van der Waals surface area contributed by atoms with E-state index in [-0.39, 0.29) is 12.0 Å². The van der Waals surface area contributed by atoms with E-state index in [1.807, 2.05) is 0 Å². The van der Waals surface area contributed by atoms with Gasteiger partial charge in [-0.3, -0.25) is 4.79 Å². The molecule has 2 aliphatic heterocycles. The standard InChI is InChI=1S/C19H28N2O2/c22-19(18-8-4-5-15-23-18)20-11-14-21-12-9-17(10-13-21)16-6-2-1-3-7-16/h1-3,6-7,17-18H,4-5,8-15H2,(H,20,22). The van der Waals surface area contributed by atoms with Crippen LogP contribution >= 0.6 is 0 Å². The molecule has 2 aliphatic rings. The molecule has 1 aromatic carbocycles. The van der Waals surface area contributed by atoms with Gasteiger partial charge in [-0.25, -0.2) is 0 Å². The van der Waals surface area contributed by atoms with Crippen molar-refractivity contribution in [3.8, 4) is 0 Å². The molecule has 1 unspecified atom stereocenters. The first kappa shape index (κ1) is 16.5. The third kappa shape index (κ3) is 4.79. The van der Waals surface area contributed by atoms with Crippen LogP contribution in [0.25, 0.3) is 0 Å². The number of carbonyl (C=O) groups excluding carboxylic acids is 1. The molecule has 4 heteroatoms. The number of hydrogen-bond donors (Lipinski definition) is 1. The number of hydrogen-bond acceptors (Lipinski definition) is 3. The minimum absolute atomic E-state index is 0.0730. The molecule has 0 spiro atoms. The maximum absolute atomic E-state index is 12.0. The van der Waals surface area contributed by atoms with Gasteiger partial charge in [0.15, 0.2) is 0 Å². The monoisotopic (exact) mass is 316 g/mol. The molecular formula is C19H28N2O2. The quantitative estimate of drug-likeness (QED) is 0.908. The number of ether oxygens (including phenoxy) is 1. The molecule has 23 heavy (non-hydrogen) atoms. The zero-order valence-corrected chi connectivity index (χ0v) is 13.9. The van der Waals surface area contributed by atoms with E-state index in [4.69, 9.17) is 4.74 Å². The van der Waals surface area contributed by atoms with Gasteiger partial charge in [-0.1, -0.05) is 30.3 Å². The molecule has 2 heterocycles. The summed E-state index contributed by atoms with van der Waals surface area (Å²) in [5.41, 5.74) is 1.47. The van der Waals surface area contributed by atoms with Gasteiger partial charge in [-0.15, -0.1) is 0 Å². The van der Waals surface area contributed by atoms with Crippen LogP contribution in [0.15, 0.2) is 30.3 Å². The van der Waals surface area contributed by atoms with Crippen molar-refractivity contribution in [1.82, 2.24) is 10.2 Å². The summed E-state index contributed by atoms with van der Waals surface area (Å²) >= 11 is 0. The van der Waals surface area contributed by atoms with E-state index in [1.54, 1.807) is 0 Å². The van der Waals surface area contributed by atoms with Crippen molar-refractivity contribution in [2.75, 3.05) is 32.8 Å². The van der Waals surface area contributed by atoms with Crippen LogP contribution in [0.3, 0.4) is 0 Å². The maximum atomic E-state index is 12.0. The highest BCUT2D eigenvalue weighted by molar-refractivity contribution is 5.80. The third-order valence-electron chi connectivity index (χ3n) is 5.06. The van der Waals surface area contributed by atoms with E-state index in [9.17, 15) is 4.79 Å². The van der Waals surface area contributed by atoms with Crippen molar-refractivity contribution in [2.45, 2.75) is 44.1 Å². The summed E-state index contributed by atoms with van der Waals surface area (Å²) in [7, 11) is 0. The summed E-state index contributed by atoms with van der Waals surface area (Å²) in [5, 5.41) is 3.04. The molecule has 4 nitrogen and oxygen atoms in total. The van der Waals surface area contributed by atoms with Crippen LogP contribution in [-0.4, -0.2) is 49.7 Å². The third-order valence-corrected chi connectivity index (χ3v) is 5.06. The van der Waals surface area contributed by atoms with Gasteiger partial charge in [0.05, 0.1) is 0 Å². The van der Waals surface area contributed by atoms with Crippen LogP contribution in [-0.2, 0) is 9.53 Å². The SMILES string of the molecule is O=C(NCCN1CCC(c2ccccc2)CC1)C1CCCCO1. The second kappa shape index (κ2) is 8.46. The summed E-state index contributed by atoms with van der Waals surface area (Å²) in [4.78, 5) is 14.5. The van der Waals surface area contributed by atoms with Crippen LogP contribution in [0, 0.1) is 0 Å². The normalized spacial score (nSPS) is 23.6. The summed E-state index contributed by atoms with van der Waals surface area (Å²) in [6.45, 7) is 4.64. The van der Waals surface area contributed by atoms with E-state index in [1.165, 1.54) is 18.4 Å². The average Bonchev–Trinajstić information content (AvgIpc) is 2.64. The Morgan fingerprint density at radius 2 is 1.91 bits per heavy atom. The molecule has 2 saturated heterocycles. The first-order valence-electron chi connectivity index (χ1n) is 8.99. The molecule has 2 fully saturated rings. The van der Waals surface area contributed by atoms with Gasteiger partial charge in [0, 0.05) is 19.7 Å². The highest BCUT2D eigenvalue weighted by Crippen LogP contribution is 2.27. The molecule has 126 valence electrons. The maximum Gasteiger partial charge on any atom is 0.249 e. The predicted molar refractivity (Wildman–Crippen MR) is 91.5 cm³/mol. The lowest BCUT2D eigenvalue weighted by molar-refractivity contribution is -0.135. The number of nitrogens with one attached hydrogen (secondary N) is 1. The molecule has 0 radical (unpaired) electrons. The first-order valence-corrected chi connectivity index (χ1v) is 8.99. The van der Waals surface area contributed by atoms with E-state index in [0.717, 1.165) is 52.0 Å². The van der Waals surface area contributed by atoms with Gasteiger partial charge in [0.25, 0.3) is 0 Å². The molecule has 0 bridgehead atoms. The lowest BCUT2D eigenvalue weighted by Gasteiger charge is -2.32. The van der Waals surface area contributed by atoms with Gasteiger partial charge in [-0.05, 0) is 56.7 Å². The second-order valence-electron chi connectivity index (χ2n) is 6.67. The molecule has 1 N–H and O–H groups in total. The minimum Gasteiger partial charge on any atom is -0.368 e. The molecule has 0 saturated carbocycles. The van der Waals surface area contributed by atoms with Crippen LogP contribution in [0.5, 0.6) is 0 Å². The molecule has 3 rings (SSSR count). The molecule has 1 aromatic rings. The van der Waals surface area contributed by atoms with E-state index < -0.39 is 0 Å². The Bertz CT molecular complexity index is 477. The second-order valence-corrected chi connectivity index (χ2v) is 6.67. The zero-order valence-electron chi connectivity index (χ0n) is 13.9. The molecular weight excluding hydrogens is 288 g/mol. The smallest absolute Gasteiger partial charge is 0.249 e. The zero-order chi connectivity index (χ0) is 15.9. The van der Waals surface area contributed by atoms with Crippen molar-refractivity contribution in [2.24, 2.45) is 0 Å². The van der Waals surface area contributed by atoms with Crippen molar-refractivity contribution in [3.05, 3.63) is 35.9 Å². The minimum atomic E-state index is -0.215. The lowest BCUT2D eigenvalue weighted by Crippen LogP contribution is -2.43. The predicted octanol–water partition coefficient (Wildman–Crippen LogP) is 2.55. The van der Waals surface area contributed by atoms with Crippen LogP contribution in [0.4, 0.5) is 0 Å². The van der Waals surface area contributed by atoms with E-state index in [0.29, 0.717) is 5.92 Å². The van der Waals surface area contributed by atoms with Crippen LogP contribution in [0.2, 0.25) is 0 Å². The van der Waals surface area contributed by atoms with Gasteiger partial charge in [-0.2, -0.15) is 0 Å². The highest BCUT2D eigenvalue weighted by atomic mass is 16.5. The topological polar surface area (TPSA) is 41.6 Å². The number of amides is 1. The number of benzene rings is 1. The summed E-state index contributed by atoms with van der Waals surface area (Å²) < 4.78 is 5.52. The number of nitrogens with zero attached hydrogens (tertiary/aromatic N) is 1. The Morgan fingerprint density at radius 1 is 1.13 bits per heavy atom.